The number of hydrogen-bond acceptors (Lipinski definition) is 3. The van der Waals surface area contributed by atoms with E-state index in [2.05, 4.69) is 27.8 Å². The van der Waals surface area contributed by atoms with Gasteiger partial charge in [0.1, 0.15) is 5.75 Å². The molecule has 2 heterocycles. The largest absolute Gasteiger partial charge is 0.426 e. The standard InChI is InChI=1S/C19H18N2O2/c1-12-9-20-11-21(12)10-13-4-5-14-6-7-16-17(15(14)8-13)19(2,3)18(22)23-16/h4-9,11H,10H2,1-3H3. The topological polar surface area (TPSA) is 44.1 Å². The summed E-state index contributed by atoms with van der Waals surface area (Å²) < 4.78 is 7.55. The maximum atomic E-state index is 12.1. The fourth-order valence-corrected chi connectivity index (χ4v) is 3.25. The van der Waals surface area contributed by atoms with Crippen molar-refractivity contribution in [2.75, 3.05) is 0 Å². The second-order valence-corrected chi connectivity index (χ2v) is 6.67. The van der Waals surface area contributed by atoms with Gasteiger partial charge in [-0.05, 0) is 49.2 Å². The van der Waals surface area contributed by atoms with Crippen LogP contribution in [0.5, 0.6) is 5.75 Å². The molecule has 1 aromatic heterocycles. The van der Waals surface area contributed by atoms with Crippen molar-refractivity contribution in [1.82, 2.24) is 9.55 Å². The predicted molar refractivity (Wildman–Crippen MR) is 88.7 cm³/mol. The van der Waals surface area contributed by atoms with E-state index in [0.29, 0.717) is 5.75 Å². The molecule has 0 N–H and O–H groups in total. The van der Waals surface area contributed by atoms with Gasteiger partial charge in [-0.15, -0.1) is 0 Å². The molecule has 23 heavy (non-hydrogen) atoms. The highest BCUT2D eigenvalue weighted by atomic mass is 16.5. The molecule has 0 saturated carbocycles. The maximum absolute atomic E-state index is 12.1. The van der Waals surface area contributed by atoms with Crippen LogP contribution in [0.3, 0.4) is 0 Å². The molecule has 4 rings (SSSR count). The summed E-state index contributed by atoms with van der Waals surface area (Å²) >= 11 is 0. The Morgan fingerprint density at radius 3 is 2.74 bits per heavy atom. The van der Waals surface area contributed by atoms with Crippen molar-refractivity contribution >= 4 is 16.7 Å². The van der Waals surface area contributed by atoms with Crippen molar-refractivity contribution in [2.45, 2.75) is 32.7 Å². The van der Waals surface area contributed by atoms with E-state index in [0.717, 1.165) is 28.6 Å². The molecule has 0 aliphatic carbocycles. The number of hydrogen-bond donors (Lipinski definition) is 0. The zero-order valence-corrected chi connectivity index (χ0v) is 13.5. The molecule has 116 valence electrons. The second kappa shape index (κ2) is 4.69. The van der Waals surface area contributed by atoms with Crippen LogP contribution in [0.25, 0.3) is 10.8 Å². The third-order valence-electron chi connectivity index (χ3n) is 4.66. The summed E-state index contributed by atoms with van der Waals surface area (Å²) in [6.45, 7) is 6.66. The summed E-state index contributed by atoms with van der Waals surface area (Å²) in [7, 11) is 0. The lowest BCUT2D eigenvalue weighted by molar-refractivity contribution is -0.137. The van der Waals surface area contributed by atoms with Gasteiger partial charge < -0.3 is 9.30 Å². The number of rotatable bonds is 2. The van der Waals surface area contributed by atoms with Gasteiger partial charge >= 0.3 is 5.97 Å². The average molecular weight is 306 g/mol. The molecular weight excluding hydrogens is 288 g/mol. The molecule has 0 spiro atoms. The van der Waals surface area contributed by atoms with Crippen LogP contribution in [0.2, 0.25) is 0 Å². The smallest absolute Gasteiger partial charge is 0.321 e. The Labute approximate surface area is 134 Å². The summed E-state index contributed by atoms with van der Waals surface area (Å²) in [5, 5.41) is 2.22. The third kappa shape index (κ3) is 2.05. The molecule has 4 heteroatoms. The van der Waals surface area contributed by atoms with E-state index in [1.165, 1.54) is 5.56 Å². The van der Waals surface area contributed by atoms with E-state index >= 15 is 0 Å². The quantitative estimate of drug-likeness (QED) is 0.537. The minimum Gasteiger partial charge on any atom is -0.426 e. The number of ether oxygens (including phenoxy) is 1. The van der Waals surface area contributed by atoms with Crippen molar-refractivity contribution in [3.8, 4) is 5.75 Å². The Kier molecular flexibility index (Phi) is 2.85. The molecule has 0 saturated heterocycles. The van der Waals surface area contributed by atoms with Crippen molar-refractivity contribution in [3.63, 3.8) is 0 Å². The molecule has 0 unspecified atom stereocenters. The maximum Gasteiger partial charge on any atom is 0.321 e. The zero-order chi connectivity index (χ0) is 16.2. The predicted octanol–water partition coefficient (Wildman–Crippen LogP) is 3.59. The Hall–Kier alpha value is -2.62. The third-order valence-corrected chi connectivity index (χ3v) is 4.66. The summed E-state index contributed by atoms with van der Waals surface area (Å²) in [4.78, 5) is 16.3. The minimum absolute atomic E-state index is 0.184. The Morgan fingerprint density at radius 2 is 2.00 bits per heavy atom. The fourth-order valence-electron chi connectivity index (χ4n) is 3.25. The van der Waals surface area contributed by atoms with E-state index in [-0.39, 0.29) is 5.97 Å². The van der Waals surface area contributed by atoms with Crippen LogP contribution in [-0.2, 0) is 16.8 Å². The van der Waals surface area contributed by atoms with Crippen molar-refractivity contribution < 1.29 is 9.53 Å². The lowest BCUT2D eigenvalue weighted by atomic mass is 9.83. The van der Waals surface area contributed by atoms with Crippen molar-refractivity contribution in [1.29, 1.82) is 0 Å². The van der Waals surface area contributed by atoms with Gasteiger partial charge in [-0.2, -0.15) is 0 Å². The highest BCUT2D eigenvalue weighted by Gasteiger charge is 2.42. The number of fused-ring (bicyclic) bond motifs is 3. The molecular formula is C19H18N2O2. The molecule has 0 amide bonds. The Morgan fingerprint density at radius 1 is 1.22 bits per heavy atom. The van der Waals surface area contributed by atoms with Gasteiger partial charge in [-0.25, -0.2) is 4.98 Å². The lowest BCUT2D eigenvalue weighted by Gasteiger charge is -2.16. The number of aryl methyl sites for hydroxylation is 1. The fraction of sp³-hybridized carbons (Fsp3) is 0.263. The van der Waals surface area contributed by atoms with Gasteiger partial charge in [0.2, 0.25) is 0 Å². The van der Waals surface area contributed by atoms with E-state index in [9.17, 15) is 4.79 Å². The Bertz CT molecular complexity index is 938. The molecule has 0 bridgehead atoms. The summed E-state index contributed by atoms with van der Waals surface area (Å²) in [5.41, 5.74) is 2.69. The monoisotopic (exact) mass is 306 g/mol. The number of esters is 1. The van der Waals surface area contributed by atoms with Gasteiger partial charge in [-0.3, -0.25) is 4.79 Å². The first-order chi connectivity index (χ1) is 11.0. The Balaban J connectivity index is 1.87. The SMILES string of the molecule is Cc1cncn1Cc1ccc2ccc3c(c2c1)C(C)(C)C(=O)O3. The van der Waals surface area contributed by atoms with E-state index in [4.69, 9.17) is 4.74 Å². The first-order valence-electron chi connectivity index (χ1n) is 7.72. The van der Waals surface area contributed by atoms with Crippen LogP contribution in [0.4, 0.5) is 0 Å². The molecule has 0 radical (unpaired) electrons. The number of aromatic nitrogens is 2. The van der Waals surface area contributed by atoms with Crippen LogP contribution in [0, 0.1) is 6.92 Å². The van der Waals surface area contributed by atoms with Gasteiger partial charge in [0.15, 0.2) is 0 Å². The molecule has 1 aliphatic heterocycles. The molecule has 1 aliphatic rings. The molecule has 2 aromatic carbocycles. The van der Waals surface area contributed by atoms with Crippen LogP contribution in [-0.4, -0.2) is 15.5 Å². The summed E-state index contributed by atoms with van der Waals surface area (Å²) in [5.74, 6) is 0.499. The lowest BCUT2D eigenvalue weighted by Crippen LogP contribution is -2.26. The number of imidazole rings is 1. The first kappa shape index (κ1) is 14.0. The second-order valence-electron chi connectivity index (χ2n) is 6.67. The van der Waals surface area contributed by atoms with E-state index in [1.54, 1.807) is 0 Å². The van der Waals surface area contributed by atoms with Gasteiger partial charge in [0.05, 0.1) is 11.7 Å². The highest BCUT2D eigenvalue weighted by Crippen LogP contribution is 2.43. The molecule has 0 atom stereocenters. The van der Waals surface area contributed by atoms with Gasteiger partial charge in [0, 0.05) is 24.0 Å². The molecule has 4 nitrogen and oxygen atoms in total. The van der Waals surface area contributed by atoms with E-state index < -0.39 is 5.41 Å². The van der Waals surface area contributed by atoms with Crippen LogP contribution >= 0.6 is 0 Å². The number of carbonyl (C=O) groups is 1. The number of carbonyl (C=O) groups excluding carboxylic acids is 1. The minimum atomic E-state index is -0.613. The van der Waals surface area contributed by atoms with Crippen molar-refractivity contribution in [2.24, 2.45) is 0 Å². The molecule has 3 aromatic rings. The normalized spacial score (nSPS) is 15.7. The van der Waals surface area contributed by atoms with E-state index in [1.807, 2.05) is 45.4 Å². The average Bonchev–Trinajstić information content (AvgIpc) is 3.01. The van der Waals surface area contributed by atoms with Crippen molar-refractivity contribution in [3.05, 3.63) is 59.7 Å². The molecule has 0 fully saturated rings. The van der Waals surface area contributed by atoms with Gasteiger partial charge in [0.25, 0.3) is 0 Å². The first-order valence-corrected chi connectivity index (χ1v) is 7.72. The van der Waals surface area contributed by atoms with Gasteiger partial charge in [-0.1, -0.05) is 18.2 Å². The summed E-state index contributed by atoms with van der Waals surface area (Å²) in [6, 6.07) is 10.3. The number of benzene rings is 2. The van der Waals surface area contributed by atoms with Crippen LogP contribution < -0.4 is 4.74 Å². The van der Waals surface area contributed by atoms with Crippen LogP contribution in [0.15, 0.2) is 42.9 Å². The zero-order valence-electron chi connectivity index (χ0n) is 13.5. The van der Waals surface area contributed by atoms with Crippen LogP contribution in [0.1, 0.15) is 30.7 Å². The summed E-state index contributed by atoms with van der Waals surface area (Å²) in [6.07, 6.45) is 3.69. The highest BCUT2D eigenvalue weighted by molar-refractivity contribution is 6.00. The number of nitrogens with zero attached hydrogens (tertiary/aromatic N) is 2.